The normalized spacial score (nSPS) is 12.6. The average Bonchev–Trinajstić information content (AvgIpc) is 1.98. The van der Waals surface area contributed by atoms with Crippen molar-refractivity contribution >= 4 is 17.7 Å². The number of amides is 1. The van der Waals surface area contributed by atoms with Gasteiger partial charge in [0, 0.05) is 30.5 Å². The Kier molecular flexibility index (Phi) is 7.29. The van der Waals surface area contributed by atoms with E-state index in [-0.39, 0.29) is 11.9 Å². The standard InChI is InChI=1S/C8H18N2OS/c1-3-10-8(11)4-5-12-6-7(2)9/h7H,3-6,9H2,1-2H3,(H,10,11). The zero-order valence-corrected chi connectivity index (χ0v) is 8.62. The first-order chi connectivity index (χ1) is 5.66. The minimum absolute atomic E-state index is 0.134. The first-order valence-corrected chi connectivity index (χ1v) is 5.42. The van der Waals surface area contributed by atoms with Crippen LogP contribution in [0.2, 0.25) is 0 Å². The van der Waals surface area contributed by atoms with Crippen LogP contribution in [0, 0.1) is 0 Å². The molecule has 0 bridgehead atoms. The van der Waals surface area contributed by atoms with Crippen molar-refractivity contribution in [3.63, 3.8) is 0 Å². The largest absolute Gasteiger partial charge is 0.356 e. The summed E-state index contributed by atoms with van der Waals surface area (Å²) in [4.78, 5) is 10.9. The second-order valence-electron chi connectivity index (χ2n) is 2.76. The lowest BCUT2D eigenvalue weighted by atomic mass is 10.4. The maximum Gasteiger partial charge on any atom is 0.220 e. The molecule has 0 heterocycles. The van der Waals surface area contributed by atoms with Crippen LogP contribution in [0.4, 0.5) is 0 Å². The van der Waals surface area contributed by atoms with Crippen molar-refractivity contribution in [2.75, 3.05) is 18.1 Å². The summed E-state index contributed by atoms with van der Waals surface area (Å²) in [5.74, 6) is 1.93. The molecule has 12 heavy (non-hydrogen) atoms. The zero-order valence-electron chi connectivity index (χ0n) is 7.80. The van der Waals surface area contributed by atoms with Crippen LogP contribution in [0.5, 0.6) is 0 Å². The van der Waals surface area contributed by atoms with Gasteiger partial charge in [0.25, 0.3) is 0 Å². The minimum atomic E-state index is 0.134. The number of rotatable bonds is 6. The molecule has 0 aromatic carbocycles. The van der Waals surface area contributed by atoms with E-state index in [1.807, 2.05) is 13.8 Å². The van der Waals surface area contributed by atoms with Gasteiger partial charge in [-0.25, -0.2) is 0 Å². The Morgan fingerprint density at radius 1 is 1.67 bits per heavy atom. The van der Waals surface area contributed by atoms with Gasteiger partial charge in [-0.1, -0.05) is 0 Å². The Labute approximate surface area is 78.5 Å². The summed E-state index contributed by atoms with van der Waals surface area (Å²) in [6.07, 6.45) is 0.602. The number of carbonyl (C=O) groups excluding carboxylic acids is 1. The van der Waals surface area contributed by atoms with Gasteiger partial charge in [-0.2, -0.15) is 11.8 Å². The lowest BCUT2D eigenvalue weighted by molar-refractivity contribution is -0.120. The van der Waals surface area contributed by atoms with Crippen molar-refractivity contribution in [2.24, 2.45) is 5.73 Å². The second kappa shape index (κ2) is 7.43. The second-order valence-corrected chi connectivity index (χ2v) is 3.91. The van der Waals surface area contributed by atoms with E-state index in [9.17, 15) is 4.79 Å². The first kappa shape index (κ1) is 11.8. The molecule has 0 aromatic rings. The van der Waals surface area contributed by atoms with E-state index in [2.05, 4.69) is 5.32 Å². The number of nitrogens with two attached hydrogens (primary N) is 1. The molecule has 0 spiro atoms. The lowest BCUT2D eigenvalue weighted by Crippen LogP contribution is -2.23. The van der Waals surface area contributed by atoms with Crippen molar-refractivity contribution in [1.29, 1.82) is 0 Å². The highest BCUT2D eigenvalue weighted by molar-refractivity contribution is 7.99. The molecular weight excluding hydrogens is 172 g/mol. The van der Waals surface area contributed by atoms with Crippen LogP contribution in [0.25, 0.3) is 0 Å². The highest BCUT2D eigenvalue weighted by Gasteiger charge is 1.99. The maximum absolute atomic E-state index is 10.9. The van der Waals surface area contributed by atoms with Crippen LogP contribution >= 0.6 is 11.8 Å². The number of hydrogen-bond acceptors (Lipinski definition) is 3. The fourth-order valence-electron chi connectivity index (χ4n) is 0.720. The van der Waals surface area contributed by atoms with Crippen LogP contribution < -0.4 is 11.1 Å². The summed E-state index contributed by atoms with van der Waals surface area (Å²) < 4.78 is 0. The Balaban J connectivity index is 3.14. The molecule has 0 aromatic heterocycles. The van der Waals surface area contributed by atoms with Gasteiger partial charge in [-0.15, -0.1) is 0 Å². The molecule has 1 atom stereocenters. The molecule has 0 aliphatic rings. The summed E-state index contributed by atoms with van der Waals surface area (Å²) in [6, 6.07) is 0.226. The molecule has 1 amide bonds. The Hall–Kier alpha value is -0.220. The highest BCUT2D eigenvalue weighted by Crippen LogP contribution is 2.03. The molecule has 0 aliphatic carbocycles. The third kappa shape index (κ3) is 7.88. The predicted molar refractivity (Wildman–Crippen MR) is 54.3 cm³/mol. The van der Waals surface area contributed by atoms with Crippen LogP contribution in [0.1, 0.15) is 20.3 Å². The molecule has 0 rings (SSSR count). The molecule has 0 saturated carbocycles. The molecular formula is C8H18N2OS. The predicted octanol–water partition coefficient (Wildman–Crippen LogP) is 0.593. The van der Waals surface area contributed by atoms with Crippen molar-refractivity contribution in [2.45, 2.75) is 26.3 Å². The molecule has 3 N–H and O–H groups in total. The third-order valence-corrected chi connectivity index (χ3v) is 2.48. The Morgan fingerprint density at radius 3 is 2.83 bits per heavy atom. The van der Waals surface area contributed by atoms with E-state index >= 15 is 0 Å². The van der Waals surface area contributed by atoms with Crippen molar-refractivity contribution in [3.05, 3.63) is 0 Å². The van der Waals surface area contributed by atoms with Gasteiger partial charge >= 0.3 is 0 Å². The van der Waals surface area contributed by atoms with Crippen LogP contribution in [0.3, 0.4) is 0 Å². The zero-order chi connectivity index (χ0) is 9.40. The average molecular weight is 190 g/mol. The van der Waals surface area contributed by atoms with Crippen LogP contribution in [-0.4, -0.2) is 30.0 Å². The summed E-state index contributed by atoms with van der Waals surface area (Å²) in [7, 11) is 0. The third-order valence-electron chi connectivity index (χ3n) is 1.23. The fourth-order valence-corrected chi connectivity index (χ4v) is 1.59. The highest BCUT2D eigenvalue weighted by atomic mass is 32.2. The molecule has 4 heteroatoms. The van der Waals surface area contributed by atoms with Crippen LogP contribution in [-0.2, 0) is 4.79 Å². The lowest BCUT2D eigenvalue weighted by Gasteiger charge is -2.04. The van der Waals surface area contributed by atoms with Gasteiger partial charge in [0.2, 0.25) is 5.91 Å². The molecule has 0 radical (unpaired) electrons. The molecule has 3 nitrogen and oxygen atoms in total. The van der Waals surface area contributed by atoms with E-state index in [1.54, 1.807) is 11.8 Å². The van der Waals surface area contributed by atoms with E-state index in [0.717, 1.165) is 18.1 Å². The number of nitrogens with one attached hydrogen (secondary N) is 1. The van der Waals surface area contributed by atoms with E-state index in [4.69, 9.17) is 5.73 Å². The molecule has 0 fully saturated rings. The van der Waals surface area contributed by atoms with Gasteiger partial charge < -0.3 is 11.1 Å². The summed E-state index contributed by atoms with van der Waals surface area (Å²) in [6.45, 7) is 4.61. The van der Waals surface area contributed by atoms with E-state index in [0.29, 0.717) is 6.42 Å². The van der Waals surface area contributed by atoms with Gasteiger partial charge in [0.05, 0.1) is 0 Å². The number of hydrogen-bond donors (Lipinski definition) is 2. The summed E-state index contributed by atoms with van der Waals surface area (Å²) in [5.41, 5.74) is 5.55. The minimum Gasteiger partial charge on any atom is -0.356 e. The first-order valence-electron chi connectivity index (χ1n) is 4.26. The van der Waals surface area contributed by atoms with Crippen molar-refractivity contribution in [1.82, 2.24) is 5.32 Å². The fraction of sp³-hybridized carbons (Fsp3) is 0.875. The number of thioether (sulfide) groups is 1. The molecule has 0 aliphatic heterocycles. The van der Waals surface area contributed by atoms with Gasteiger partial charge in [-0.3, -0.25) is 4.79 Å². The van der Waals surface area contributed by atoms with Gasteiger partial charge in [0.15, 0.2) is 0 Å². The molecule has 0 saturated heterocycles. The quantitative estimate of drug-likeness (QED) is 0.603. The van der Waals surface area contributed by atoms with E-state index in [1.165, 1.54) is 0 Å². The smallest absolute Gasteiger partial charge is 0.220 e. The molecule has 1 unspecified atom stereocenters. The SMILES string of the molecule is CCNC(=O)CCSCC(C)N. The van der Waals surface area contributed by atoms with Gasteiger partial charge in [-0.05, 0) is 13.8 Å². The number of carbonyl (C=O) groups is 1. The Morgan fingerprint density at radius 2 is 2.33 bits per heavy atom. The maximum atomic E-state index is 10.9. The van der Waals surface area contributed by atoms with Crippen molar-refractivity contribution in [3.8, 4) is 0 Å². The summed E-state index contributed by atoms with van der Waals surface area (Å²) in [5, 5.41) is 2.75. The monoisotopic (exact) mass is 190 g/mol. The van der Waals surface area contributed by atoms with E-state index < -0.39 is 0 Å². The van der Waals surface area contributed by atoms with Gasteiger partial charge in [0.1, 0.15) is 0 Å². The van der Waals surface area contributed by atoms with Crippen LogP contribution in [0.15, 0.2) is 0 Å². The topological polar surface area (TPSA) is 55.1 Å². The summed E-state index contributed by atoms with van der Waals surface area (Å²) >= 11 is 1.73. The van der Waals surface area contributed by atoms with Crippen molar-refractivity contribution < 1.29 is 4.79 Å². The Bertz CT molecular complexity index is 128. The molecule has 72 valence electrons.